The fourth-order valence-electron chi connectivity index (χ4n) is 3.06. The number of hydrogen-bond acceptors (Lipinski definition) is 6. The van der Waals surface area contributed by atoms with E-state index in [2.05, 4.69) is 5.32 Å². The van der Waals surface area contributed by atoms with E-state index in [4.69, 9.17) is 37.3 Å². The quantitative estimate of drug-likeness (QED) is 0.185. The molecule has 0 bridgehead atoms. The van der Waals surface area contributed by atoms with E-state index in [9.17, 15) is 0 Å². The second-order valence-corrected chi connectivity index (χ2v) is 7.20. The van der Waals surface area contributed by atoms with Gasteiger partial charge in [-0.15, -0.1) is 0 Å². The predicted molar refractivity (Wildman–Crippen MR) is 132 cm³/mol. The van der Waals surface area contributed by atoms with Gasteiger partial charge >= 0.3 is 0 Å². The van der Waals surface area contributed by atoms with Crippen LogP contribution in [0.5, 0.6) is 5.75 Å². The summed E-state index contributed by atoms with van der Waals surface area (Å²) in [7, 11) is 1.82. The summed E-state index contributed by atoms with van der Waals surface area (Å²) < 4.78 is 10.8. The van der Waals surface area contributed by atoms with E-state index in [-0.39, 0.29) is 12.5 Å². The molecule has 3 rings (SSSR count). The van der Waals surface area contributed by atoms with Crippen molar-refractivity contribution in [2.75, 3.05) is 19.0 Å². The lowest BCUT2D eigenvalue weighted by atomic mass is 10.0. The van der Waals surface area contributed by atoms with Crippen LogP contribution in [0.25, 0.3) is 11.6 Å². The van der Waals surface area contributed by atoms with Gasteiger partial charge in [0.2, 0.25) is 5.90 Å². The summed E-state index contributed by atoms with van der Waals surface area (Å²) in [6, 6.07) is 22.0. The van der Waals surface area contributed by atoms with Gasteiger partial charge in [-0.2, -0.15) is 0 Å². The van der Waals surface area contributed by atoms with Crippen LogP contribution in [0.4, 0.5) is 5.69 Å². The van der Waals surface area contributed by atoms with Gasteiger partial charge < -0.3 is 20.2 Å². The van der Waals surface area contributed by atoms with Crippen molar-refractivity contribution in [1.82, 2.24) is 0 Å². The molecule has 0 saturated carbocycles. The second kappa shape index (κ2) is 10.9. The first-order valence-electron chi connectivity index (χ1n) is 9.81. The molecule has 3 aromatic rings. The zero-order valence-electron chi connectivity index (χ0n) is 17.5. The molecule has 0 aliphatic carbocycles. The van der Waals surface area contributed by atoms with Crippen molar-refractivity contribution in [3.05, 3.63) is 94.5 Å². The van der Waals surface area contributed by atoms with Crippen molar-refractivity contribution in [3.63, 3.8) is 0 Å². The maximum atomic E-state index is 8.33. The minimum absolute atomic E-state index is 0.123. The zero-order chi connectivity index (χ0) is 22.9. The van der Waals surface area contributed by atoms with E-state index in [0.29, 0.717) is 22.1 Å². The molecule has 0 spiro atoms. The molecule has 32 heavy (non-hydrogen) atoms. The third-order valence-electron chi connectivity index (χ3n) is 4.67. The Balaban J connectivity index is 1.76. The molecule has 6 nitrogen and oxygen atoms in total. The van der Waals surface area contributed by atoms with Gasteiger partial charge in [-0.1, -0.05) is 54.1 Å². The fraction of sp³-hybridized carbons (Fsp3) is 0.0800. The Morgan fingerprint density at radius 2 is 1.66 bits per heavy atom. The minimum Gasteiger partial charge on any atom is -0.487 e. The summed E-state index contributed by atoms with van der Waals surface area (Å²) in [6.45, 7) is 0.123. The van der Waals surface area contributed by atoms with Crippen molar-refractivity contribution in [2.45, 2.75) is 0 Å². The molecule has 0 heterocycles. The van der Waals surface area contributed by atoms with Gasteiger partial charge in [-0.3, -0.25) is 10.8 Å². The normalized spacial score (nSPS) is 10.9. The largest absolute Gasteiger partial charge is 0.487 e. The minimum atomic E-state index is -0.144. The first-order valence-corrected chi connectivity index (χ1v) is 10.2. The van der Waals surface area contributed by atoms with Crippen LogP contribution in [-0.2, 0) is 4.74 Å². The summed E-state index contributed by atoms with van der Waals surface area (Å²) in [5.74, 6) is 0.458. The van der Waals surface area contributed by atoms with E-state index < -0.39 is 0 Å². The van der Waals surface area contributed by atoms with E-state index in [1.807, 2.05) is 55.6 Å². The summed E-state index contributed by atoms with van der Waals surface area (Å²) in [5, 5.41) is 27.3. The van der Waals surface area contributed by atoms with Crippen LogP contribution in [0.2, 0.25) is 5.02 Å². The maximum Gasteiger partial charge on any atom is 0.221 e. The Morgan fingerprint density at radius 3 is 2.31 bits per heavy atom. The van der Waals surface area contributed by atoms with E-state index >= 15 is 0 Å². The van der Waals surface area contributed by atoms with Gasteiger partial charge in [0.05, 0.1) is 5.71 Å². The van der Waals surface area contributed by atoms with Gasteiger partial charge in [-0.05, 0) is 47.5 Å². The molecule has 0 aliphatic heterocycles. The van der Waals surface area contributed by atoms with Gasteiger partial charge in [0.1, 0.15) is 12.4 Å². The van der Waals surface area contributed by atoms with E-state index in [1.165, 1.54) is 0 Å². The first-order chi connectivity index (χ1) is 15.5. The fourth-order valence-corrected chi connectivity index (χ4v) is 3.18. The molecule has 0 unspecified atom stereocenters. The molecule has 7 heteroatoms. The monoisotopic (exact) mass is 446 g/mol. The van der Waals surface area contributed by atoms with Crippen LogP contribution in [0.1, 0.15) is 16.7 Å². The third-order valence-corrected chi connectivity index (χ3v) is 4.92. The highest BCUT2D eigenvalue weighted by Crippen LogP contribution is 2.24. The Labute approximate surface area is 192 Å². The molecule has 4 N–H and O–H groups in total. The molecule has 162 valence electrons. The number of benzene rings is 3. The summed E-state index contributed by atoms with van der Waals surface area (Å²) in [6.07, 6.45) is 2.52. The van der Waals surface area contributed by atoms with E-state index in [0.717, 1.165) is 28.8 Å². The lowest BCUT2D eigenvalue weighted by molar-refractivity contribution is 0.376. The summed E-state index contributed by atoms with van der Waals surface area (Å²) in [4.78, 5) is 0. The number of para-hydroxylation sites is 1. The Bertz CT molecular complexity index is 1140. The van der Waals surface area contributed by atoms with Crippen LogP contribution in [0, 0.1) is 16.2 Å². The van der Waals surface area contributed by atoms with E-state index in [1.54, 1.807) is 30.3 Å². The van der Waals surface area contributed by atoms with Crippen LogP contribution in [0.3, 0.4) is 0 Å². The number of hydrogen-bond donors (Lipinski definition) is 4. The Hall–Kier alpha value is -3.90. The topological polar surface area (TPSA) is 102 Å². The summed E-state index contributed by atoms with van der Waals surface area (Å²) >= 11 is 5.95. The van der Waals surface area contributed by atoms with Crippen LogP contribution >= 0.6 is 11.6 Å². The number of ether oxygens (including phenoxy) is 2. The smallest absolute Gasteiger partial charge is 0.221 e. The average molecular weight is 447 g/mol. The van der Waals surface area contributed by atoms with Crippen molar-refractivity contribution < 1.29 is 9.47 Å². The molecule has 0 aliphatic rings. The highest BCUT2D eigenvalue weighted by molar-refractivity contribution is 6.30. The van der Waals surface area contributed by atoms with Gasteiger partial charge in [0.15, 0.2) is 6.40 Å². The van der Waals surface area contributed by atoms with Gasteiger partial charge in [-0.25, -0.2) is 0 Å². The number of rotatable bonds is 9. The number of halogens is 1. The molecule has 0 atom stereocenters. The Kier molecular flexibility index (Phi) is 7.78. The SMILES string of the molecule is CNc1ccccc1C(=N)COc1ccc(/C(=C\c2ccc(Cl)cc2)C(=N)OC=N)cc1. The molecule has 0 amide bonds. The molecule has 0 aromatic heterocycles. The van der Waals surface area contributed by atoms with Crippen LogP contribution in [0.15, 0.2) is 72.8 Å². The van der Waals surface area contributed by atoms with Gasteiger partial charge in [0.25, 0.3) is 0 Å². The van der Waals surface area contributed by atoms with Gasteiger partial charge in [0, 0.05) is 28.9 Å². The third kappa shape index (κ3) is 5.83. The summed E-state index contributed by atoms with van der Waals surface area (Å²) in [5.41, 5.74) is 4.12. The molecule has 0 fully saturated rings. The predicted octanol–water partition coefficient (Wildman–Crippen LogP) is 5.97. The zero-order valence-corrected chi connectivity index (χ0v) is 18.2. The number of anilines is 1. The second-order valence-electron chi connectivity index (χ2n) is 6.76. The lowest BCUT2D eigenvalue weighted by Gasteiger charge is -2.12. The molecular weight excluding hydrogens is 424 g/mol. The standard InChI is InChI=1S/C25H23ClN4O2/c1-30-24-5-3-2-4-21(24)23(28)15-31-20-12-8-18(9-13-20)22(25(29)32-16-27)14-17-6-10-19(26)11-7-17/h2-14,16,27-30H,15H2,1H3/b22-14+,27-16?,28-23?,29-25?. The number of nitrogens with one attached hydrogen (secondary N) is 4. The molecule has 0 radical (unpaired) electrons. The maximum absolute atomic E-state index is 8.33. The Morgan fingerprint density at radius 1 is 0.969 bits per heavy atom. The van der Waals surface area contributed by atoms with Crippen molar-refractivity contribution in [1.29, 1.82) is 16.2 Å². The molecular formula is C25H23ClN4O2. The van der Waals surface area contributed by atoms with Crippen LogP contribution < -0.4 is 10.1 Å². The molecule has 0 saturated heterocycles. The first kappa shape index (κ1) is 22.8. The average Bonchev–Trinajstić information content (AvgIpc) is 2.82. The lowest BCUT2D eigenvalue weighted by Crippen LogP contribution is -2.13. The van der Waals surface area contributed by atoms with Crippen LogP contribution in [-0.4, -0.2) is 31.7 Å². The molecule has 3 aromatic carbocycles. The highest BCUT2D eigenvalue weighted by Gasteiger charge is 2.11. The van der Waals surface area contributed by atoms with Crippen molar-refractivity contribution >= 4 is 46.9 Å². The van der Waals surface area contributed by atoms with Crippen molar-refractivity contribution in [3.8, 4) is 5.75 Å². The van der Waals surface area contributed by atoms with Crippen molar-refractivity contribution in [2.24, 2.45) is 0 Å². The highest BCUT2D eigenvalue weighted by atomic mass is 35.5.